The standard InChI is InChI=1S/C42H35N/c1-41(2)35-20-10-8-16-31(35)33-18-12-22-37(39(33)41)43(30-26-24-29(25-27-30)28-14-6-5-7-15-28)38-23-13-19-34-32-17-9-11-21-36(32)42(3,4)40(34)38/h5-27H,1-4H3. The van der Waals surface area contributed by atoms with E-state index in [1.807, 2.05) is 0 Å². The monoisotopic (exact) mass is 553 g/mol. The van der Waals surface area contributed by atoms with Crippen molar-refractivity contribution in [2.75, 3.05) is 4.90 Å². The third-order valence-corrected chi connectivity index (χ3v) is 9.83. The fraction of sp³-hybridized carbons (Fsp3) is 0.143. The zero-order valence-corrected chi connectivity index (χ0v) is 25.2. The van der Waals surface area contributed by atoms with E-state index in [-0.39, 0.29) is 10.8 Å². The fourth-order valence-electron chi connectivity index (χ4n) is 7.85. The first kappa shape index (κ1) is 25.8. The quantitative estimate of drug-likeness (QED) is 0.210. The van der Waals surface area contributed by atoms with Gasteiger partial charge in [0, 0.05) is 16.5 Å². The summed E-state index contributed by atoms with van der Waals surface area (Å²) in [5, 5.41) is 0. The molecule has 2 aliphatic rings. The van der Waals surface area contributed by atoms with Crippen molar-refractivity contribution in [3.05, 3.63) is 162 Å². The predicted molar refractivity (Wildman–Crippen MR) is 182 cm³/mol. The summed E-state index contributed by atoms with van der Waals surface area (Å²) in [6.45, 7) is 9.53. The highest BCUT2D eigenvalue weighted by atomic mass is 15.2. The Hall–Kier alpha value is -4.88. The maximum absolute atomic E-state index is 2.54. The molecule has 8 rings (SSSR count). The van der Waals surface area contributed by atoms with Gasteiger partial charge in [-0.15, -0.1) is 0 Å². The lowest BCUT2D eigenvalue weighted by Gasteiger charge is -2.35. The zero-order valence-electron chi connectivity index (χ0n) is 25.2. The average molecular weight is 554 g/mol. The molecule has 208 valence electrons. The number of hydrogen-bond donors (Lipinski definition) is 0. The van der Waals surface area contributed by atoms with E-state index in [2.05, 4.69) is 172 Å². The lowest BCUT2D eigenvalue weighted by atomic mass is 9.80. The molecule has 0 heterocycles. The minimum atomic E-state index is -0.138. The molecule has 0 amide bonds. The largest absolute Gasteiger partial charge is 0.310 e. The van der Waals surface area contributed by atoms with Crippen molar-refractivity contribution >= 4 is 17.1 Å². The summed E-state index contributed by atoms with van der Waals surface area (Å²) < 4.78 is 0. The highest BCUT2D eigenvalue weighted by Gasteiger charge is 2.42. The van der Waals surface area contributed by atoms with Crippen LogP contribution in [0.1, 0.15) is 49.9 Å². The third kappa shape index (κ3) is 3.71. The van der Waals surface area contributed by atoms with Gasteiger partial charge in [0.2, 0.25) is 0 Å². The van der Waals surface area contributed by atoms with Gasteiger partial charge in [-0.3, -0.25) is 0 Å². The first-order valence-corrected chi connectivity index (χ1v) is 15.3. The summed E-state index contributed by atoms with van der Waals surface area (Å²) in [7, 11) is 0. The van der Waals surface area contributed by atoms with E-state index in [9.17, 15) is 0 Å². The lowest BCUT2D eigenvalue weighted by molar-refractivity contribution is 0.656. The van der Waals surface area contributed by atoms with Gasteiger partial charge >= 0.3 is 0 Å². The maximum atomic E-state index is 2.54. The van der Waals surface area contributed by atoms with E-state index in [0.717, 1.165) is 0 Å². The SMILES string of the molecule is CC1(C)c2ccccc2-c2cccc(N(c3ccc(-c4ccccc4)cc3)c3cccc4c3C(C)(C)c3ccccc3-4)c21. The Morgan fingerprint density at radius 3 is 1.30 bits per heavy atom. The molecule has 0 aromatic heterocycles. The molecule has 0 N–H and O–H groups in total. The highest BCUT2D eigenvalue weighted by molar-refractivity contribution is 5.94. The van der Waals surface area contributed by atoms with Crippen LogP contribution in [0.25, 0.3) is 33.4 Å². The zero-order chi connectivity index (χ0) is 29.3. The van der Waals surface area contributed by atoms with Gasteiger partial charge in [-0.05, 0) is 79.9 Å². The molecule has 0 bridgehead atoms. The lowest BCUT2D eigenvalue weighted by Crippen LogP contribution is -2.23. The Labute approximate surface area is 255 Å². The molecule has 0 unspecified atom stereocenters. The molecule has 0 saturated carbocycles. The van der Waals surface area contributed by atoms with Gasteiger partial charge in [-0.25, -0.2) is 0 Å². The van der Waals surface area contributed by atoms with Crippen molar-refractivity contribution in [2.45, 2.75) is 38.5 Å². The molecule has 1 heteroatoms. The Balaban J connectivity index is 1.40. The van der Waals surface area contributed by atoms with Crippen LogP contribution in [0.5, 0.6) is 0 Å². The second-order valence-electron chi connectivity index (χ2n) is 13.0. The predicted octanol–water partition coefficient (Wildman–Crippen LogP) is 11.4. The Morgan fingerprint density at radius 1 is 0.372 bits per heavy atom. The number of fused-ring (bicyclic) bond motifs is 6. The van der Waals surface area contributed by atoms with E-state index in [4.69, 9.17) is 0 Å². The number of nitrogens with zero attached hydrogens (tertiary/aromatic N) is 1. The highest BCUT2D eigenvalue weighted by Crippen LogP contribution is 2.57. The van der Waals surface area contributed by atoms with Gasteiger partial charge in [-0.2, -0.15) is 0 Å². The molecule has 0 aliphatic heterocycles. The van der Waals surface area contributed by atoms with Crippen molar-refractivity contribution in [1.82, 2.24) is 0 Å². The Kier molecular flexibility index (Phi) is 5.59. The van der Waals surface area contributed by atoms with Crippen molar-refractivity contribution in [3.63, 3.8) is 0 Å². The molecule has 0 radical (unpaired) electrons. The van der Waals surface area contributed by atoms with E-state index >= 15 is 0 Å². The molecule has 2 aliphatic carbocycles. The molecule has 0 spiro atoms. The minimum absolute atomic E-state index is 0.138. The second kappa shape index (κ2) is 9.31. The van der Waals surface area contributed by atoms with Crippen molar-refractivity contribution in [2.24, 2.45) is 0 Å². The summed E-state index contributed by atoms with van der Waals surface area (Å²) in [6, 6.07) is 51.4. The van der Waals surface area contributed by atoms with Crippen LogP contribution < -0.4 is 4.90 Å². The van der Waals surface area contributed by atoms with Gasteiger partial charge < -0.3 is 4.90 Å². The second-order valence-corrected chi connectivity index (χ2v) is 13.0. The number of anilines is 3. The summed E-state index contributed by atoms with van der Waals surface area (Å²) >= 11 is 0. The Morgan fingerprint density at radius 2 is 0.791 bits per heavy atom. The van der Waals surface area contributed by atoms with Crippen LogP contribution in [0.4, 0.5) is 17.1 Å². The summed E-state index contributed by atoms with van der Waals surface area (Å²) in [4.78, 5) is 2.54. The molecular formula is C42H35N. The smallest absolute Gasteiger partial charge is 0.0508 e. The van der Waals surface area contributed by atoms with Crippen LogP contribution in [-0.2, 0) is 10.8 Å². The maximum Gasteiger partial charge on any atom is 0.0508 e. The van der Waals surface area contributed by atoms with E-state index in [1.54, 1.807) is 0 Å². The summed E-state index contributed by atoms with van der Waals surface area (Å²) in [6.07, 6.45) is 0. The molecular weight excluding hydrogens is 518 g/mol. The Bertz CT molecular complexity index is 1900. The van der Waals surface area contributed by atoms with E-state index < -0.39 is 0 Å². The number of rotatable bonds is 4. The van der Waals surface area contributed by atoms with Crippen molar-refractivity contribution in [1.29, 1.82) is 0 Å². The average Bonchev–Trinajstić information content (AvgIpc) is 3.43. The molecule has 6 aromatic rings. The minimum Gasteiger partial charge on any atom is -0.310 e. The van der Waals surface area contributed by atoms with Gasteiger partial charge in [0.1, 0.15) is 0 Å². The fourth-order valence-corrected chi connectivity index (χ4v) is 7.85. The van der Waals surface area contributed by atoms with Crippen LogP contribution in [0.3, 0.4) is 0 Å². The van der Waals surface area contributed by atoms with Crippen LogP contribution in [0.2, 0.25) is 0 Å². The van der Waals surface area contributed by atoms with Gasteiger partial charge in [0.25, 0.3) is 0 Å². The third-order valence-electron chi connectivity index (χ3n) is 9.83. The van der Waals surface area contributed by atoms with Gasteiger partial charge in [-0.1, -0.05) is 143 Å². The van der Waals surface area contributed by atoms with Crippen LogP contribution in [0, 0.1) is 0 Å². The number of hydrogen-bond acceptors (Lipinski definition) is 1. The van der Waals surface area contributed by atoms with Crippen LogP contribution in [0.15, 0.2) is 140 Å². The topological polar surface area (TPSA) is 3.24 Å². The van der Waals surface area contributed by atoms with Gasteiger partial charge in [0.05, 0.1) is 11.4 Å². The van der Waals surface area contributed by atoms with Crippen molar-refractivity contribution in [3.8, 4) is 33.4 Å². The summed E-state index contributed by atoms with van der Waals surface area (Å²) in [5.41, 5.74) is 16.7. The molecule has 0 fully saturated rings. The van der Waals surface area contributed by atoms with Crippen LogP contribution >= 0.6 is 0 Å². The molecule has 0 saturated heterocycles. The van der Waals surface area contributed by atoms with Crippen molar-refractivity contribution < 1.29 is 0 Å². The molecule has 43 heavy (non-hydrogen) atoms. The first-order valence-electron chi connectivity index (χ1n) is 15.3. The molecule has 0 atom stereocenters. The van der Waals surface area contributed by atoms with Crippen LogP contribution in [-0.4, -0.2) is 0 Å². The van der Waals surface area contributed by atoms with E-state index in [1.165, 1.54) is 72.7 Å². The first-order chi connectivity index (χ1) is 20.9. The van der Waals surface area contributed by atoms with Gasteiger partial charge in [0.15, 0.2) is 0 Å². The molecule has 1 nitrogen and oxygen atoms in total. The normalized spacial score (nSPS) is 14.9. The van der Waals surface area contributed by atoms with E-state index in [0.29, 0.717) is 0 Å². The summed E-state index contributed by atoms with van der Waals surface area (Å²) in [5.74, 6) is 0. The molecule has 6 aromatic carbocycles. The number of benzene rings is 6.